The predicted octanol–water partition coefficient (Wildman–Crippen LogP) is 4.13. The molecular weight excluding hydrogens is 489 g/mol. The van der Waals surface area contributed by atoms with Crippen LogP contribution in [0.4, 0.5) is 0 Å². The van der Waals surface area contributed by atoms with E-state index in [1.165, 1.54) is 29.3 Å². The smallest absolute Gasteiger partial charge is 0.191 e. The van der Waals surface area contributed by atoms with Crippen molar-refractivity contribution in [2.24, 2.45) is 10.9 Å². The van der Waals surface area contributed by atoms with Crippen LogP contribution < -0.4 is 10.6 Å². The number of aliphatic imine (C=N–C) groups is 1. The number of aromatic nitrogens is 1. The Balaban J connectivity index is 0.00000261. The van der Waals surface area contributed by atoms with Gasteiger partial charge in [-0.05, 0) is 50.2 Å². The molecule has 5 nitrogen and oxygen atoms in total. The van der Waals surface area contributed by atoms with Gasteiger partial charge in [-0.3, -0.25) is 9.89 Å². The van der Waals surface area contributed by atoms with E-state index in [2.05, 4.69) is 62.4 Å². The zero-order chi connectivity index (χ0) is 18.4. The number of likely N-dealkylation sites (tertiary alicyclic amines) is 1. The third kappa shape index (κ3) is 6.13. The second-order valence-electron chi connectivity index (χ2n) is 6.74. The first-order chi connectivity index (χ1) is 12.7. The number of piperidine rings is 1. The van der Waals surface area contributed by atoms with Crippen molar-refractivity contribution in [3.05, 3.63) is 38.5 Å². The lowest BCUT2D eigenvalue weighted by atomic mass is 9.88. The Hall–Kier alpha value is -0.710. The first kappa shape index (κ1) is 22.6. The van der Waals surface area contributed by atoms with Crippen molar-refractivity contribution in [3.8, 4) is 0 Å². The third-order valence-corrected chi connectivity index (χ3v) is 6.92. The number of nitrogens with zero attached hydrogens (tertiary/aromatic N) is 3. The van der Waals surface area contributed by atoms with Crippen LogP contribution >= 0.6 is 46.7 Å². The van der Waals surface area contributed by atoms with Crippen molar-refractivity contribution in [2.45, 2.75) is 38.8 Å². The van der Waals surface area contributed by atoms with Gasteiger partial charge in [-0.1, -0.05) is 13.0 Å². The van der Waals surface area contributed by atoms with E-state index in [1.807, 2.05) is 18.4 Å². The average molecular weight is 520 g/mol. The summed E-state index contributed by atoms with van der Waals surface area (Å²) in [5.74, 6) is 1.45. The number of guanidine groups is 1. The number of hydrogen-bond acceptors (Lipinski definition) is 5. The van der Waals surface area contributed by atoms with Crippen molar-refractivity contribution in [2.75, 3.05) is 27.2 Å². The SMILES string of the molecule is CCc1nc(CNC(=NC)NCC2CCCN(C)C2c2cccs2)cs1.I. The maximum absolute atomic E-state index is 4.61. The molecule has 3 rings (SSSR count). The summed E-state index contributed by atoms with van der Waals surface area (Å²) in [7, 11) is 4.08. The molecule has 1 saturated heterocycles. The van der Waals surface area contributed by atoms with Gasteiger partial charge in [0.2, 0.25) is 0 Å². The number of hydrogen-bond donors (Lipinski definition) is 2. The van der Waals surface area contributed by atoms with Crippen LogP contribution in [0.25, 0.3) is 0 Å². The topological polar surface area (TPSA) is 52.6 Å². The normalized spacial score (nSPS) is 20.9. The fraction of sp³-hybridized carbons (Fsp3) is 0.579. The van der Waals surface area contributed by atoms with Crippen molar-refractivity contribution < 1.29 is 0 Å². The van der Waals surface area contributed by atoms with Gasteiger partial charge in [-0.15, -0.1) is 46.7 Å². The Morgan fingerprint density at radius 3 is 2.89 bits per heavy atom. The molecule has 0 aromatic carbocycles. The number of nitrogens with one attached hydrogen (secondary N) is 2. The maximum Gasteiger partial charge on any atom is 0.191 e. The monoisotopic (exact) mass is 519 g/mol. The maximum atomic E-state index is 4.61. The number of rotatable bonds is 6. The van der Waals surface area contributed by atoms with Gasteiger partial charge >= 0.3 is 0 Å². The fourth-order valence-electron chi connectivity index (χ4n) is 3.60. The molecule has 0 aliphatic carbocycles. The van der Waals surface area contributed by atoms with Crippen molar-refractivity contribution in [3.63, 3.8) is 0 Å². The summed E-state index contributed by atoms with van der Waals surface area (Å²) in [6.45, 7) is 4.97. The molecule has 8 heteroatoms. The zero-order valence-electron chi connectivity index (χ0n) is 16.3. The van der Waals surface area contributed by atoms with Crippen LogP contribution in [0.15, 0.2) is 27.9 Å². The third-order valence-electron chi connectivity index (χ3n) is 4.94. The number of thiophene rings is 1. The summed E-state index contributed by atoms with van der Waals surface area (Å²) < 4.78 is 0. The minimum atomic E-state index is 0. The van der Waals surface area contributed by atoms with Crippen molar-refractivity contribution in [1.82, 2.24) is 20.5 Å². The van der Waals surface area contributed by atoms with Gasteiger partial charge < -0.3 is 10.6 Å². The summed E-state index contributed by atoms with van der Waals surface area (Å²) in [4.78, 5) is 13.0. The molecule has 0 amide bonds. The summed E-state index contributed by atoms with van der Waals surface area (Å²) in [5, 5.41) is 12.4. The molecule has 3 heterocycles. The van der Waals surface area contributed by atoms with Crippen molar-refractivity contribution in [1.29, 1.82) is 0 Å². The van der Waals surface area contributed by atoms with Crippen LogP contribution in [0.2, 0.25) is 0 Å². The van der Waals surface area contributed by atoms with Crippen LogP contribution in [-0.2, 0) is 13.0 Å². The molecule has 1 aliphatic heterocycles. The molecule has 2 atom stereocenters. The Morgan fingerprint density at radius 2 is 2.22 bits per heavy atom. The van der Waals surface area contributed by atoms with Crippen LogP contribution in [-0.4, -0.2) is 43.0 Å². The van der Waals surface area contributed by atoms with Gasteiger partial charge in [0, 0.05) is 29.9 Å². The Bertz CT molecular complexity index is 701. The molecule has 1 fully saturated rings. The lowest BCUT2D eigenvalue weighted by Gasteiger charge is -2.39. The molecule has 2 aromatic rings. The van der Waals surface area contributed by atoms with Gasteiger partial charge in [-0.2, -0.15) is 0 Å². The molecular formula is C19H30IN5S2. The van der Waals surface area contributed by atoms with E-state index in [1.54, 1.807) is 11.3 Å². The molecule has 2 unspecified atom stereocenters. The predicted molar refractivity (Wildman–Crippen MR) is 128 cm³/mol. The highest BCUT2D eigenvalue weighted by molar-refractivity contribution is 14.0. The largest absolute Gasteiger partial charge is 0.356 e. The van der Waals surface area contributed by atoms with Crippen LogP contribution in [0.1, 0.15) is 41.4 Å². The standard InChI is InChI=1S/C19H29N5S2.HI/c1-4-17-23-15(13-26-17)12-22-19(20-2)21-11-14-7-5-9-24(3)18(14)16-8-6-10-25-16;/h6,8,10,13-14,18H,4-5,7,9,11-12H2,1-3H3,(H2,20,21,22);1H. The van der Waals surface area contributed by atoms with Gasteiger partial charge in [0.15, 0.2) is 5.96 Å². The van der Waals surface area contributed by atoms with E-state index in [-0.39, 0.29) is 24.0 Å². The second kappa shape index (κ2) is 11.3. The highest BCUT2D eigenvalue weighted by Gasteiger charge is 2.31. The molecule has 2 aromatic heterocycles. The Kier molecular flexibility index (Phi) is 9.47. The molecule has 0 spiro atoms. The van der Waals surface area contributed by atoms with Gasteiger partial charge in [0.25, 0.3) is 0 Å². The minimum Gasteiger partial charge on any atom is -0.356 e. The van der Waals surface area contributed by atoms with Gasteiger partial charge in [0.1, 0.15) is 0 Å². The highest BCUT2D eigenvalue weighted by atomic mass is 127. The first-order valence-corrected chi connectivity index (χ1v) is 11.1. The van der Waals surface area contributed by atoms with E-state index in [0.29, 0.717) is 12.0 Å². The fourth-order valence-corrected chi connectivity index (χ4v) is 5.33. The molecule has 0 saturated carbocycles. The molecule has 0 radical (unpaired) electrons. The Morgan fingerprint density at radius 1 is 1.37 bits per heavy atom. The summed E-state index contributed by atoms with van der Waals surface area (Å²) in [6.07, 6.45) is 3.51. The Labute approximate surface area is 187 Å². The van der Waals surface area contributed by atoms with E-state index >= 15 is 0 Å². The van der Waals surface area contributed by atoms with E-state index < -0.39 is 0 Å². The molecule has 150 valence electrons. The lowest BCUT2D eigenvalue weighted by molar-refractivity contribution is 0.125. The van der Waals surface area contributed by atoms with Crippen LogP contribution in [0.3, 0.4) is 0 Å². The first-order valence-electron chi connectivity index (χ1n) is 9.32. The lowest BCUT2D eigenvalue weighted by Crippen LogP contribution is -2.44. The van der Waals surface area contributed by atoms with E-state index in [4.69, 9.17) is 0 Å². The quantitative estimate of drug-likeness (QED) is 0.343. The van der Waals surface area contributed by atoms with Crippen LogP contribution in [0, 0.1) is 5.92 Å². The molecule has 2 N–H and O–H groups in total. The van der Waals surface area contributed by atoms with Crippen molar-refractivity contribution >= 4 is 52.6 Å². The number of aryl methyl sites for hydroxylation is 1. The highest BCUT2D eigenvalue weighted by Crippen LogP contribution is 2.36. The zero-order valence-corrected chi connectivity index (χ0v) is 20.2. The number of thiazole rings is 1. The summed E-state index contributed by atoms with van der Waals surface area (Å²) >= 11 is 3.59. The molecule has 0 bridgehead atoms. The summed E-state index contributed by atoms with van der Waals surface area (Å²) in [6, 6.07) is 4.93. The second-order valence-corrected chi connectivity index (χ2v) is 8.66. The van der Waals surface area contributed by atoms with Crippen LogP contribution in [0.5, 0.6) is 0 Å². The van der Waals surface area contributed by atoms with Gasteiger partial charge in [0.05, 0.1) is 17.2 Å². The minimum absolute atomic E-state index is 0. The molecule has 1 aliphatic rings. The molecule has 27 heavy (non-hydrogen) atoms. The van der Waals surface area contributed by atoms with E-state index in [0.717, 1.165) is 31.2 Å². The van der Waals surface area contributed by atoms with E-state index in [9.17, 15) is 0 Å². The average Bonchev–Trinajstić information content (AvgIpc) is 3.33. The number of halogens is 1. The summed E-state index contributed by atoms with van der Waals surface area (Å²) in [5.41, 5.74) is 1.09. The van der Waals surface area contributed by atoms with Gasteiger partial charge in [-0.25, -0.2) is 4.98 Å².